The smallest absolute Gasteiger partial charge is 0.325 e. The molecule has 0 aromatic rings. The summed E-state index contributed by atoms with van der Waals surface area (Å²) in [4.78, 5) is 21.9. The van der Waals surface area contributed by atoms with Crippen LogP contribution in [0.3, 0.4) is 0 Å². The standard InChI is InChI=1S/C9H17NO3/c1-4-5-7(2)9(12)10-6-8(11)13-3/h7H,4-6H2,1-3H3,(H,10,12). The van der Waals surface area contributed by atoms with Gasteiger partial charge in [0, 0.05) is 5.92 Å². The lowest BCUT2D eigenvalue weighted by Gasteiger charge is -2.09. The molecule has 0 saturated carbocycles. The Hall–Kier alpha value is -1.06. The van der Waals surface area contributed by atoms with Gasteiger partial charge >= 0.3 is 5.97 Å². The normalized spacial score (nSPS) is 11.9. The van der Waals surface area contributed by atoms with Crippen LogP contribution in [0.4, 0.5) is 0 Å². The number of hydrogen-bond donors (Lipinski definition) is 1. The van der Waals surface area contributed by atoms with Crippen LogP contribution in [0.15, 0.2) is 0 Å². The van der Waals surface area contributed by atoms with Gasteiger partial charge in [0.1, 0.15) is 6.54 Å². The lowest BCUT2D eigenvalue weighted by Crippen LogP contribution is -2.34. The van der Waals surface area contributed by atoms with Gasteiger partial charge in [-0.3, -0.25) is 9.59 Å². The summed E-state index contributed by atoms with van der Waals surface area (Å²) in [5, 5.41) is 2.50. The highest BCUT2D eigenvalue weighted by atomic mass is 16.5. The van der Waals surface area contributed by atoms with E-state index < -0.39 is 5.97 Å². The van der Waals surface area contributed by atoms with Gasteiger partial charge in [0.2, 0.25) is 5.91 Å². The Balaban J connectivity index is 3.67. The lowest BCUT2D eigenvalue weighted by molar-refractivity contribution is -0.141. The third-order valence-electron chi connectivity index (χ3n) is 1.80. The minimum absolute atomic E-state index is 0.0327. The quantitative estimate of drug-likeness (QED) is 0.645. The van der Waals surface area contributed by atoms with E-state index in [1.54, 1.807) is 0 Å². The number of carbonyl (C=O) groups excluding carboxylic acids is 2. The van der Waals surface area contributed by atoms with Crippen molar-refractivity contribution in [3.8, 4) is 0 Å². The monoisotopic (exact) mass is 187 g/mol. The summed E-state index contributed by atoms with van der Waals surface area (Å²) < 4.78 is 4.39. The lowest BCUT2D eigenvalue weighted by atomic mass is 10.1. The molecule has 0 bridgehead atoms. The maximum atomic E-state index is 11.2. The van der Waals surface area contributed by atoms with Crippen LogP contribution in [0.25, 0.3) is 0 Å². The van der Waals surface area contributed by atoms with Gasteiger partial charge in [0.05, 0.1) is 7.11 Å². The van der Waals surface area contributed by atoms with E-state index in [9.17, 15) is 9.59 Å². The molecule has 1 unspecified atom stereocenters. The van der Waals surface area contributed by atoms with Gasteiger partial charge in [-0.2, -0.15) is 0 Å². The van der Waals surface area contributed by atoms with Crippen LogP contribution in [0.2, 0.25) is 0 Å². The SMILES string of the molecule is CCCC(C)C(=O)NCC(=O)OC. The molecule has 4 heteroatoms. The molecule has 0 aliphatic carbocycles. The Kier molecular flexibility index (Phi) is 5.93. The maximum absolute atomic E-state index is 11.2. The van der Waals surface area contributed by atoms with Crippen molar-refractivity contribution >= 4 is 11.9 Å². The van der Waals surface area contributed by atoms with E-state index >= 15 is 0 Å². The van der Waals surface area contributed by atoms with Crippen LogP contribution in [-0.2, 0) is 14.3 Å². The van der Waals surface area contributed by atoms with Gasteiger partial charge < -0.3 is 10.1 Å². The van der Waals surface area contributed by atoms with E-state index in [1.807, 2.05) is 13.8 Å². The predicted octanol–water partition coefficient (Wildman–Crippen LogP) is 0.712. The first kappa shape index (κ1) is 11.9. The van der Waals surface area contributed by atoms with Crippen molar-refractivity contribution in [3.63, 3.8) is 0 Å². The first-order valence-electron chi connectivity index (χ1n) is 4.46. The Labute approximate surface area is 78.6 Å². The summed E-state index contributed by atoms with van der Waals surface area (Å²) in [5.41, 5.74) is 0. The summed E-state index contributed by atoms with van der Waals surface area (Å²) in [6.07, 6.45) is 1.81. The largest absolute Gasteiger partial charge is 0.468 e. The summed E-state index contributed by atoms with van der Waals surface area (Å²) in [5.74, 6) is -0.543. The molecule has 0 aliphatic rings. The Bertz CT molecular complexity index is 180. The van der Waals surface area contributed by atoms with E-state index in [-0.39, 0.29) is 18.4 Å². The summed E-state index contributed by atoms with van der Waals surface area (Å²) in [6.45, 7) is 3.82. The molecule has 0 aliphatic heterocycles. The van der Waals surface area contributed by atoms with Crippen LogP contribution in [0, 0.1) is 5.92 Å². The highest BCUT2D eigenvalue weighted by molar-refractivity contribution is 5.83. The Morgan fingerprint density at radius 1 is 1.46 bits per heavy atom. The highest BCUT2D eigenvalue weighted by Crippen LogP contribution is 2.03. The van der Waals surface area contributed by atoms with Crippen molar-refractivity contribution < 1.29 is 14.3 Å². The molecule has 13 heavy (non-hydrogen) atoms. The van der Waals surface area contributed by atoms with Gasteiger partial charge in [-0.25, -0.2) is 0 Å². The second-order valence-electron chi connectivity index (χ2n) is 2.98. The topological polar surface area (TPSA) is 55.4 Å². The third kappa shape index (κ3) is 5.22. The van der Waals surface area contributed by atoms with E-state index in [0.717, 1.165) is 12.8 Å². The summed E-state index contributed by atoms with van der Waals surface area (Å²) >= 11 is 0. The second-order valence-corrected chi connectivity index (χ2v) is 2.98. The minimum Gasteiger partial charge on any atom is -0.468 e. The average Bonchev–Trinajstić information content (AvgIpc) is 2.13. The molecule has 0 radical (unpaired) electrons. The molecule has 4 nitrogen and oxygen atoms in total. The average molecular weight is 187 g/mol. The molecule has 0 rings (SSSR count). The van der Waals surface area contributed by atoms with Crippen molar-refractivity contribution in [2.45, 2.75) is 26.7 Å². The van der Waals surface area contributed by atoms with Crippen LogP contribution >= 0.6 is 0 Å². The van der Waals surface area contributed by atoms with Gasteiger partial charge in [-0.05, 0) is 6.42 Å². The minimum atomic E-state index is -0.419. The number of rotatable bonds is 5. The van der Waals surface area contributed by atoms with Crippen LogP contribution in [0.5, 0.6) is 0 Å². The van der Waals surface area contributed by atoms with E-state index in [4.69, 9.17) is 0 Å². The van der Waals surface area contributed by atoms with Gasteiger partial charge in [-0.15, -0.1) is 0 Å². The number of carbonyl (C=O) groups is 2. The first-order chi connectivity index (χ1) is 6.11. The molecule has 0 fully saturated rings. The third-order valence-corrected chi connectivity index (χ3v) is 1.80. The molecule has 0 aromatic carbocycles. The summed E-state index contributed by atoms with van der Waals surface area (Å²) in [7, 11) is 1.30. The number of esters is 1. The predicted molar refractivity (Wildman–Crippen MR) is 49.1 cm³/mol. The van der Waals surface area contributed by atoms with Crippen molar-refractivity contribution in [2.75, 3.05) is 13.7 Å². The Morgan fingerprint density at radius 3 is 2.54 bits per heavy atom. The highest BCUT2D eigenvalue weighted by Gasteiger charge is 2.12. The zero-order chi connectivity index (χ0) is 10.3. The van der Waals surface area contributed by atoms with Crippen molar-refractivity contribution in [3.05, 3.63) is 0 Å². The maximum Gasteiger partial charge on any atom is 0.325 e. The number of amides is 1. The number of hydrogen-bond acceptors (Lipinski definition) is 3. The molecule has 0 heterocycles. The second kappa shape index (κ2) is 6.46. The van der Waals surface area contributed by atoms with Gasteiger partial charge in [0.15, 0.2) is 0 Å². The zero-order valence-electron chi connectivity index (χ0n) is 8.42. The van der Waals surface area contributed by atoms with E-state index in [1.165, 1.54) is 7.11 Å². The van der Waals surface area contributed by atoms with Crippen molar-refractivity contribution in [1.82, 2.24) is 5.32 Å². The molecule has 0 spiro atoms. The fourth-order valence-corrected chi connectivity index (χ4v) is 0.970. The fraction of sp³-hybridized carbons (Fsp3) is 0.778. The van der Waals surface area contributed by atoms with E-state index in [2.05, 4.69) is 10.1 Å². The Morgan fingerprint density at radius 2 is 2.08 bits per heavy atom. The van der Waals surface area contributed by atoms with Crippen LogP contribution in [-0.4, -0.2) is 25.5 Å². The first-order valence-corrected chi connectivity index (χ1v) is 4.46. The zero-order valence-corrected chi connectivity index (χ0v) is 8.42. The van der Waals surface area contributed by atoms with Gasteiger partial charge in [-0.1, -0.05) is 20.3 Å². The van der Waals surface area contributed by atoms with Crippen molar-refractivity contribution in [2.24, 2.45) is 5.92 Å². The molecule has 1 N–H and O–H groups in total. The molecule has 0 saturated heterocycles. The van der Waals surface area contributed by atoms with E-state index in [0.29, 0.717) is 0 Å². The van der Waals surface area contributed by atoms with Crippen molar-refractivity contribution in [1.29, 1.82) is 0 Å². The van der Waals surface area contributed by atoms with Gasteiger partial charge in [0.25, 0.3) is 0 Å². The molecule has 0 aromatic heterocycles. The molecule has 76 valence electrons. The van der Waals surface area contributed by atoms with Crippen LogP contribution in [0.1, 0.15) is 26.7 Å². The fourth-order valence-electron chi connectivity index (χ4n) is 0.970. The number of ether oxygens (including phenoxy) is 1. The number of methoxy groups -OCH3 is 1. The molecule has 1 atom stereocenters. The molecular formula is C9H17NO3. The number of nitrogens with one attached hydrogen (secondary N) is 1. The summed E-state index contributed by atoms with van der Waals surface area (Å²) in [6, 6.07) is 0. The van der Waals surface area contributed by atoms with Crippen LogP contribution < -0.4 is 5.32 Å². The molecule has 1 amide bonds. The molecular weight excluding hydrogens is 170 g/mol.